The average Bonchev–Trinajstić information content (AvgIpc) is 2.45. The van der Waals surface area contributed by atoms with Gasteiger partial charge in [-0.1, -0.05) is 26.0 Å². The van der Waals surface area contributed by atoms with Gasteiger partial charge in [-0.3, -0.25) is 9.59 Å². The Hall–Kier alpha value is -1.29. The Kier molecular flexibility index (Phi) is 7.37. The number of amides is 1. The molecule has 1 amide bonds. The summed E-state index contributed by atoms with van der Waals surface area (Å²) in [6.07, 6.45) is 1.98. The van der Waals surface area contributed by atoms with Crippen molar-refractivity contribution in [2.24, 2.45) is 0 Å². The Morgan fingerprint density at radius 3 is 2.05 bits per heavy atom. The summed E-state index contributed by atoms with van der Waals surface area (Å²) in [5, 5.41) is 0. The Labute approximate surface area is 125 Å². The van der Waals surface area contributed by atoms with Gasteiger partial charge in [0.05, 0.1) is 5.75 Å². The van der Waals surface area contributed by atoms with Crippen LogP contribution < -0.4 is 0 Å². The van der Waals surface area contributed by atoms with Crippen LogP contribution in [0.2, 0.25) is 0 Å². The molecule has 0 radical (unpaired) electrons. The highest BCUT2D eigenvalue weighted by molar-refractivity contribution is 8.00. The first-order valence-corrected chi connectivity index (χ1v) is 8.08. The first-order chi connectivity index (χ1) is 9.58. The number of carbonyl (C=O) groups excluding carboxylic acids is 2. The van der Waals surface area contributed by atoms with E-state index < -0.39 is 0 Å². The highest BCUT2D eigenvalue weighted by atomic mass is 32.2. The fraction of sp³-hybridized carbons (Fsp3) is 0.500. The van der Waals surface area contributed by atoms with E-state index in [1.54, 1.807) is 6.92 Å². The smallest absolute Gasteiger partial charge is 0.232 e. The minimum Gasteiger partial charge on any atom is -0.342 e. The number of hydrogen-bond acceptors (Lipinski definition) is 3. The first-order valence-electron chi connectivity index (χ1n) is 7.10. The van der Waals surface area contributed by atoms with E-state index in [2.05, 4.69) is 13.8 Å². The van der Waals surface area contributed by atoms with Crippen LogP contribution in [0.4, 0.5) is 0 Å². The fourth-order valence-electron chi connectivity index (χ4n) is 1.92. The summed E-state index contributed by atoms with van der Waals surface area (Å²) in [6.45, 7) is 7.39. The monoisotopic (exact) mass is 293 g/mol. The van der Waals surface area contributed by atoms with Crippen molar-refractivity contribution in [3.05, 3.63) is 29.8 Å². The van der Waals surface area contributed by atoms with Crippen molar-refractivity contribution in [3.8, 4) is 0 Å². The maximum Gasteiger partial charge on any atom is 0.232 e. The Bertz CT molecular complexity index is 436. The number of ketones is 1. The molecule has 1 rings (SSSR count). The van der Waals surface area contributed by atoms with Gasteiger partial charge in [-0.2, -0.15) is 0 Å². The summed E-state index contributed by atoms with van der Waals surface area (Å²) in [5.74, 6) is 0.711. The second-order valence-corrected chi connectivity index (χ2v) is 5.80. The molecule has 0 spiro atoms. The summed E-state index contributed by atoms with van der Waals surface area (Å²) >= 11 is 1.53. The van der Waals surface area contributed by atoms with Gasteiger partial charge in [0.25, 0.3) is 0 Å². The molecule has 3 nitrogen and oxygen atoms in total. The second kappa shape index (κ2) is 8.80. The molecule has 0 saturated carbocycles. The molecule has 0 fully saturated rings. The predicted octanol–water partition coefficient (Wildman–Crippen LogP) is 3.63. The topological polar surface area (TPSA) is 37.4 Å². The normalized spacial score (nSPS) is 10.3. The molecule has 0 unspecified atom stereocenters. The molecule has 1 aromatic carbocycles. The number of Topliss-reactive ketones (excluding diaryl/α,β-unsaturated/α-hetero) is 1. The van der Waals surface area contributed by atoms with Crippen molar-refractivity contribution in [2.75, 3.05) is 18.8 Å². The highest BCUT2D eigenvalue weighted by Gasteiger charge is 2.12. The molecule has 1 aromatic rings. The summed E-state index contributed by atoms with van der Waals surface area (Å²) in [7, 11) is 0. The Morgan fingerprint density at radius 2 is 1.60 bits per heavy atom. The molecular weight excluding hydrogens is 270 g/mol. The van der Waals surface area contributed by atoms with Crippen LogP contribution in [-0.2, 0) is 4.79 Å². The highest BCUT2D eigenvalue weighted by Crippen LogP contribution is 2.19. The molecule has 0 aromatic heterocycles. The van der Waals surface area contributed by atoms with Crippen LogP contribution in [0.15, 0.2) is 29.2 Å². The lowest BCUT2D eigenvalue weighted by Gasteiger charge is -2.21. The van der Waals surface area contributed by atoms with Crippen molar-refractivity contribution in [1.82, 2.24) is 4.90 Å². The Morgan fingerprint density at radius 1 is 1.05 bits per heavy atom. The van der Waals surface area contributed by atoms with E-state index in [-0.39, 0.29) is 11.7 Å². The van der Waals surface area contributed by atoms with Gasteiger partial charge in [0.2, 0.25) is 5.91 Å². The van der Waals surface area contributed by atoms with Gasteiger partial charge in [-0.05, 0) is 31.9 Å². The van der Waals surface area contributed by atoms with Crippen LogP contribution in [0.3, 0.4) is 0 Å². The van der Waals surface area contributed by atoms with Gasteiger partial charge in [-0.25, -0.2) is 0 Å². The van der Waals surface area contributed by atoms with Crippen molar-refractivity contribution >= 4 is 23.5 Å². The lowest BCUT2D eigenvalue weighted by molar-refractivity contribution is -0.128. The van der Waals surface area contributed by atoms with E-state index in [1.165, 1.54) is 11.8 Å². The van der Waals surface area contributed by atoms with Gasteiger partial charge in [0.1, 0.15) is 0 Å². The van der Waals surface area contributed by atoms with E-state index in [0.29, 0.717) is 11.3 Å². The standard InChI is InChI=1S/C16H23NO2S/c1-4-10-17(11-5-2)16(19)12-20-15-8-6-14(7-9-15)13(3)18/h6-9H,4-5,10-12H2,1-3H3. The molecule has 0 aliphatic rings. The molecule has 4 heteroatoms. The lowest BCUT2D eigenvalue weighted by Crippen LogP contribution is -2.33. The summed E-state index contributed by atoms with van der Waals surface area (Å²) < 4.78 is 0. The maximum absolute atomic E-state index is 12.1. The molecule has 110 valence electrons. The van der Waals surface area contributed by atoms with Gasteiger partial charge < -0.3 is 4.90 Å². The summed E-state index contributed by atoms with van der Waals surface area (Å²) in [4.78, 5) is 26.3. The van der Waals surface area contributed by atoms with Gasteiger partial charge in [-0.15, -0.1) is 11.8 Å². The van der Waals surface area contributed by atoms with Crippen LogP contribution in [0.25, 0.3) is 0 Å². The maximum atomic E-state index is 12.1. The van der Waals surface area contributed by atoms with E-state index in [0.717, 1.165) is 30.8 Å². The second-order valence-electron chi connectivity index (χ2n) is 4.75. The van der Waals surface area contributed by atoms with E-state index in [1.807, 2.05) is 29.2 Å². The molecule has 0 aliphatic carbocycles. The van der Waals surface area contributed by atoms with Crippen LogP contribution in [0.5, 0.6) is 0 Å². The van der Waals surface area contributed by atoms with Crippen molar-refractivity contribution in [2.45, 2.75) is 38.5 Å². The van der Waals surface area contributed by atoms with E-state index in [4.69, 9.17) is 0 Å². The zero-order valence-corrected chi connectivity index (χ0v) is 13.3. The minimum absolute atomic E-state index is 0.0645. The molecule has 0 atom stereocenters. The number of nitrogens with zero attached hydrogens (tertiary/aromatic N) is 1. The molecule has 0 bridgehead atoms. The molecule has 20 heavy (non-hydrogen) atoms. The zero-order valence-electron chi connectivity index (χ0n) is 12.5. The Balaban J connectivity index is 2.52. The fourth-order valence-corrected chi connectivity index (χ4v) is 2.72. The van der Waals surface area contributed by atoms with Gasteiger partial charge in [0.15, 0.2) is 5.78 Å². The van der Waals surface area contributed by atoms with Crippen molar-refractivity contribution in [1.29, 1.82) is 0 Å². The van der Waals surface area contributed by atoms with Crippen molar-refractivity contribution < 1.29 is 9.59 Å². The third kappa shape index (κ3) is 5.37. The molecular formula is C16H23NO2S. The largest absolute Gasteiger partial charge is 0.342 e. The zero-order chi connectivity index (χ0) is 15.0. The quantitative estimate of drug-likeness (QED) is 0.542. The number of thioether (sulfide) groups is 1. The summed E-state index contributed by atoms with van der Waals surface area (Å²) in [6, 6.07) is 7.42. The third-order valence-electron chi connectivity index (χ3n) is 2.96. The number of benzene rings is 1. The minimum atomic E-state index is 0.0645. The number of rotatable bonds is 8. The van der Waals surface area contributed by atoms with Crippen LogP contribution in [0, 0.1) is 0 Å². The van der Waals surface area contributed by atoms with Crippen LogP contribution in [-0.4, -0.2) is 35.4 Å². The molecule has 0 saturated heterocycles. The van der Waals surface area contributed by atoms with Crippen LogP contribution in [0.1, 0.15) is 44.0 Å². The van der Waals surface area contributed by atoms with Gasteiger partial charge >= 0.3 is 0 Å². The predicted molar refractivity (Wildman–Crippen MR) is 84.3 cm³/mol. The molecule has 0 N–H and O–H groups in total. The van der Waals surface area contributed by atoms with Crippen molar-refractivity contribution in [3.63, 3.8) is 0 Å². The first kappa shape index (κ1) is 16.8. The van der Waals surface area contributed by atoms with E-state index in [9.17, 15) is 9.59 Å². The summed E-state index contributed by atoms with van der Waals surface area (Å²) in [5.41, 5.74) is 0.708. The van der Waals surface area contributed by atoms with Gasteiger partial charge in [0, 0.05) is 23.5 Å². The SMILES string of the molecule is CCCN(CCC)C(=O)CSc1ccc(C(C)=O)cc1. The number of hydrogen-bond donors (Lipinski definition) is 0. The lowest BCUT2D eigenvalue weighted by atomic mass is 10.2. The molecule has 0 heterocycles. The molecule has 0 aliphatic heterocycles. The van der Waals surface area contributed by atoms with E-state index >= 15 is 0 Å². The number of carbonyl (C=O) groups is 2. The third-order valence-corrected chi connectivity index (χ3v) is 3.96. The average molecular weight is 293 g/mol. The van der Waals surface area contributed by atoms with Crippen LogP contribution >= 0.6 is 11.8 Å².